The van der Waals surface area contributed by atoms with E-state index in [4.69, 9.17) is 0 Å². The molecule has 0 saturated carbocycles. The van der Waals surface area contributed by atoms with E-state index in [1.807, 2.05) is 13.8 Å². The van der Waals surface area contributed by atoms with E-state index in [1.165, 1.54) is 24.3 Å². The Hall–Kier alpha value is -1.15. The van der Waals surface area contributed by atoms with Gasteiger partial charge in [0.2, 0.25) is 10.0 Å². The van der Waals surface area contributed by atoms with Gasteiger partial charge >= 0.3 is 0 Å². The Balaban J connectivity index is 0.00000484. The van der Waals surface area contributed by atoms with Gasteiger partial charge in [0.15, 0.2) is 0 Å². The first-order chi connectivity index (χ1) is 10.3. The van der Waals surface area contributed by atoms with Crippen molar-refractivity contribution >= 4 is 28.3 Å². The second kappa shape index (κ2) is 9.87. The van der Waals surface area contributed by atoms with Gasteiger partial charge in [-0.15, -0.1) is 12.4 Å². The minimum Gasteiger partial charge on any atom is -0.350 e. The van der Waals surface area contributed by atoms with Crippen LogP contribution in [0.2, 0.25) is 0 Å². The van der Waals surface area contributed by atoms with Gasteiger partial charge in [-0.2, -0.15) is 0 Å². The van der Waals surface area contributed by atoms with Crippen LogP contribution in [0.25, 0.3) is 0 Å². The third-order valence-corrected chi connectivity index (χ3v) is 4.61. The van der Waals surface area contributed by atoms with Gasteiger partial charge in [-0.25, -0.2) is 13.1 Å². The van der Waals surface area contributed by atoms with E-state index < -0.39 is 10.0 Å². The van der Waals surface area contributed by atoms with E-state index in [2.05, 4.69) is 15.4 Å². The van der Waals surface area contributed by atoms with Gasteiger partial charge < -0.3 is 10.6 Å². The normalized spacial score (nSPS) is 12.6. The molecule has 23 heavy (non-hydrogen) atoms. The molecule has 0 unspecified atom stereocenters. The van der Waals surface area contributed by atoms with Crippen molar-refractivity contribution in [2.75, 3.05) is 13.1 Å². The monoisotopic (exact) mass is 363 g/mol. The second-order valence-corrected chi connectivity index (χ2v) is 7.18. The summed E-state index contributed by atoms with van der Waals surface area (Å²) in [5, 5.41) is 6.00. The summed E-state index contributed by atoms with van der Waals surface area (Å²) in [7, 11) is -3.53. The van der Waals surface area contributed by atoms with Crippen LogP contribution < -0.4 is 15.4 Å². The quantitative estimate of drug-likeness (QED) is 0.653. The molecular formula is C15H26ClN3O3S. The summed E-state index contributed by atoms with van der Waals surface area (Å²) >= 11 is 0. The summed E-state index contributed by atoms with van der Waals surface area (Å²) in [4.78, 5) is 12.1. The summed E-state index contributed by atoms with van der Waals surface area (Å²) in [6, 6.07) is 5.91. The largest absolute Gasteiger partial charge is 0.350 e. The molecule has 8 heteroatoms. The zero-order chi connectivity index (χ0) is 16.8. The summed E-state index contributed by atoms with van der Waals surface area (Å²) in [6.45, 7) is 8.85. The first-order valence-corrected chi connectivity index (χ1v) is 8.88. The van der Waals surface area contributed by atoms with Crippen LogP contribution in [0.15, 0.2) is 29.2 Å². The molecule has 0 radical (unpaired) electrons. The lowest BCUT2D eigenvalue weighted by Crippen LogP contribution is -2.38. The van der Waals surface area contributed by atoms with Crippen molar-refractivity contribution in [3.63, 3.8) is 0 Å². The van der Waals surface area contributed by atoms with E-state index in [0.29, 0.717) is 12.1 Å². The van der Waals surface area contributed by atoms with Crippen molar-refractivity contribution in [1.29, 1.82) is 0 Å². The predicted octanol–water partition coefficient (Wildman–Crippen LogP) is 1.52. The van der Waals surface area contributed by atoms with Gasteiger partial charge in [0, 0.05) is 24.2 Å². The molecule has 0 aliphatic rings. The van der Waals surface area contributed by atoms with Crippen molar-refractivity contribution in [3.8, 4) is 0 Å². The number of sulfonamides is 1. The average Bonchev–Trinajstić information content (AvgIpc) is 2.44. The third kappa shape index (κ3) is 7.30. The molecule has 1 aromatic carbocycles. The lowest BCUT2D eigenvalue weighted by molar-refractivity contribution is 0.0950. The first-order valence-electron chi connectivity index (χ1n) is 7.40. The lowest BCUT2D eigenvalue weighted by atomic mass is 10.2. The number of carbonyl (C=O) groups is 1. The van der Waals surface area contributed by atoms with Crippen LogP contribution in [0.4, 0.5) is 0 Å². The van der Waals surface area contributed by atoms with Crippen molar-refractivity contribution in [3.05, 3.63) is 29.8 Å². The Bertz CT molecular complexity index is 588. The molecule has 1 rings (SSSR count). The molecule has 0 fully saturated rings. The Morgan fingerprint density at radius 2 is 1.70 bits per heavy atom. The van der Waals surface area contributed by atoms with Crippen molar-refractivity contribution in [2.45, 2.75) is 44.7 Å². The van der Waals surface area contributed by atoms with Gasteiger partial charge in [0.25, 0.3) is 5.91 Å². The maximum Gasteiger partial charge on any atom is 0.251 e. The fourth-order valence-electron chi connectivity index (χ4n) is 1.93. The molecule has 1 atom stereocenters. The highest BCUT2D eigenvalue weighted by Crippen LogP contribution is 2.11. The van der Waals surface area contributed by atoms with Gasteiger partial charge in [-0.1, -0.05) is 6.92 Å². The van der Waals surface area contributed by atoms with Crippen LogP contribution in [-0.4, -0.2) is 39.5 Å². The second-order valence-electron chi connectivity index (χ2n) is 5.47. The number of carbonyl (C=O) groups excluding carboxylic acids is 1. The molecular weight excluding hydrogens is 338 g/mol. The zero-order valence-corrected chi connectivity index (χ0v) is 15.6. The van der Waals surface area contributed by atoms with E-state index in [1.54, 1.807) is 13.8 Å². The van der Waals surface area contributed by atoms with Crippen LogP contribution in [0.1, 0.15) is 38.1 Å². The minimum absolute atomic E-state index is 0. The zero-order valence-electron chi connectivity index (χ0n) is 13.9. The number of amides is 1. The Kier molecular flexibility index (Phi) is 9.38. The molecule has 132 valence electrons. The Morgan fingerprint density at radius 3 is 2.17 bits per heavy atom. The fraction of sp³-hybridized carbons (Fsp3) is 0.533. The molecule has 0 bridgehead atoms. The summed E-state index contributed by atoms with van der Waals surface area (Å²) < 4.78 is 26.5. The van der Waals surface area contributed by atoms with Crippen molar-refractivity contribution in [1.82, 2.24) is 15.4 Å². The van der Waals surface area contributed by atoms with Gasteiger partial charge in [-0.3, -0.25) is 4.79 Å². The van der Waals surface area contributed by atoms with Crippen LogP contribution in [0, 0.1) is 0 Å². The van der Waals surface area contributed by atoms with Crippen molar-refractivity contribution in [2.24, 2.45) is 0 Å². The molecule has 0 aliphatic heterocycles. The number of likely N-dealkylation sites (N-methyl/N-ethyl adjacent to an activating group) is 1. The summed E-state index contributed by atoms with van der Waals surface area (Å²) in [5.74, 6) is -0.217. The summed E-state index contributed by atoms with van der Waals surface area (Å²) in [5.41, 5.74) is 0.437. The molecule has 0 aliphatic carbocycles. The molecule has 0 saturated heterocycles. The molecule has 3 N–H and O–H groups in total. The molecule has 0 spiro atoms. The summed E-state index contributed by atoms with van der Waals surface area (Å²) in [6.07, 6.45) is 0. The fourth-order valence-corrected chi connectivity index (χ4v) is 3.18. The van der Waals surface area contributed by atoms with Gasteiger partial charge in [0.05, 0.1) is 4.90 Å². The number of nitrogens with one attached hydrogen (secondary N) is 3. The highest BCUT2D eigenvalue weighted by molar-refractivity contribution is 7.89. The molecule has 1 aromatic rings. The van der Waals surface area contributed by atoms with Gasteiger partial charge in [0.1, 0.15) is 0 Å². The Labute approximate surface area is 144 Å². The standard InChI is InChI=1S/C15H25N3O3S.ClH/c1-5-16-12(4)10-17-15(19)13-6-8-14(9-7-13)22(20,21)18-11(2)3;/h6-9,11-12,16,18H,5,10H2,1-4H3,(H,17,19);1H/t12-;/m1./s1. The topological polar surface area (TPSA) is 87.3 Å². The number of halogens is 1. The third-order valence-electron chi connectivity index (χ3n) is 2.94. The Morgan fingerprint density at radius 1 is 1.13 bits per heavy atom. The van der Waals surface area contributed by atoms with Crippen LogP contribution in [-0.2, 0) is 10.0 Å². The number of benzene rings is 1. The molecule has 6 nitrogen and oxygen atoms in total. The highest BCUT2D eigenvalue weighted by atomic mass is 35.5. The number of hydrogen-bond acceptors (Lipinski definition) is 4. The maximum atomic E-state index is 12.0. The highest BCUT2D eigenvalue weighted by Gasteiger charge is 2.16. The maximum absolute atomic E-state index is 12.0. The van der Waals surface area contributed by atoms with E-state index >= 15 is 0 Å². The van der Waals surface area contributed by atoms with Crippen LogP contribution >= 0.6 is 12.4 Å². The van der Waals surface area contributed by atoms with E-state index in [-0.39, 0.29) is 35.3 Å². The van der Waals surface area contributed by atoms with Gasteiger partial charge in [-0.05, 0) is 51.6 Å². The van der Waals surface area contributed by atoms with E-state index in [9.17, 15) is 13.2 Å². The predicted molar refractivity (Wildman–Crippen MR) is 94.6 cm³/mol. The number of rotatable bonds is 8. The van der Waals surface area contributed by atoms with E-state index in [0.717, 1.165) is 6.54 Å². The average molecular weight is 364 g/mol. The van der Waals surface area contributed by atoms with Crippen LogP contribution in [0.5, 0.6) is 0 Å². The molecule has 0 aromatic heterocycles. The lowest BCUT2D eigenvalue weighted by Gasteiger charge is -2.13. The minimum atomic E-state index is -3.53. The first kappa shape index (κ1) is 21.9. The molecule has 1 amide bonds. The molecule has 0 heterocycles. The van der Waals surface area contributed by atoms with Crippen molar-refractivity contribution < 1.29 is 13.2 Å². The number of hydrogen-bond donors (Lipinski definition) is 3. The SMILES string of the molecule is CCN[C@H](C)CNC(=O)c1ccc(S(=O)(=O)NC(C)C)cc1.Cl. The van der Waals surface area contributed by atoms with Crippen LogP contribution in [0.3, 0.4) is 0 Å². The smallest absolute Gasteiger partial charge is 0.251 e.